The van der Waals surface area contributed by atoms with Crippen LogP contribution in [0, 0.1) is 0 Å². The number of carbonyl (C=O) groups excluding carboxylic acids is 1. The van der Waals surface area contributed by atoms with Crippen molar-refractivity contribution in [1.29, 1.82) is 0 Å². The number of nitrogens with zero attached hydrogens (tertiary/aromatic N) is 3. The van der Waals surface area contributed by atoms with Gasteiger partial charge in [0.15, 0.2) is 11.5 Å². The predicted molar refractivity (Wildman–Crippen MR) is 120 cm³/mol. The number of nitrogens with one attached hydrogen (secondary N) is 2. The maximum atomic E-state index is 12.5. The first-order chi connectivity index (χ1) is 14.8. The molecule has 3 aromatic rings. The number of fused-ring (bicyclic) bond motifs is 1. The Morgan fingerprint density at radius 2 is 1.87 bits per heavy atom. The third-order valence-corrected chi connectivity index (χ3v) is 6.23. The zero-order valence-corrected chi connectivity index (χ0v) is 18.6. The predicted octanol–water partition coefficient (Wildman–Crippen LogP) is 3.09. The summed E-state index contributed by atoms with van der Waals surface area (Å²) in [6, 6.07) is 11.5. The van der Waals surface area contributed by atoms with E-state index in [0.29, 0.717) is 5.82 Å². The number of carbonyl (C=O) groups is 1. The number of hydrogen-bond acceptors (Lipinski definition) is 5. The molecule has 1 aromatic carbocycles. The highest BCUT2D eigenvalue weighted by Gasteiger charge is 2.19. The topological polar surface area (TPSA) is 105 Å². The minimum Gasteiger partial charge on any atom is -0.343 e. The smallest absolute Gasteiger partial charge is 0.244 e. The summed E-state index contributed by atoms with van der Waals surface area (Å²) in [5.41, 5.74) is 1.45. The summed E-state index contributed by atoms with van der Waals surface area (Å²) in [7, 11) is -3.54. The van der Waals surface area contributed by atoms with Gasteiger partial charge in [-0.05, 0) is 56.2 Å². The van der Waals surface area contributed by atoms with Gasteiger partial charge < -0.3 is 5.32 Å². The Labute approximate surface area is 182 Å². The monoisotopic (exact) mass is 441 g/mol. The fraction of sp³-hybridized carbons (Fsp3) is 0.318. The molecule has 164 valence electrons. The number of benzene rings is 1. The minimum absolute atomic E-state index is 0.185. The van der Waals surface area contributed by atoms with E-state index in [4.69, 9.17) is 0 Å². The van der Waals surface area contributed by atoms with E-state index in [1.54, 1.807) is 32.1 Å². The van der Waals surface area contributed by atoms with E-state index in [2.05, 4.69) is 20.2 Å². The molecule has 0 aliphatic rings. The molecule has 0 saturated heterocycles. The molecule has 0 saturated carbocycles. The normalized spacial score (nSPS) is 13.2. The van der Waals surface area contributed by atoms with Crippen molar-refractivity contribution in [3.8, 4) is 0 Å². The molecule has 31 heavy (non-hydrogen) atoms. The zero-order valence-electron chi connectivity index (χ0n) is 17.8. The van der Waals surface area contributed by atoms with Crippen molar-refractivity contribution >= 4 is 27.7 Å². The largest absolute Gasteiger partial charge is 0.343 e. The second kappa shape index (κ2) is 9.84. The van der Waals surface area contributed by atoms with Crippen molar-refractivity contribution in [2.45, 2.75) is 50.6 Å². The van der Waals surface area contributed by atoms with Crippen LogP contribution in [0.5, 0.6) is 0 Å². The van der Waals surface area contributed by atoms with Gasteiger partial charge in [-0.15, -0.1) is 10.2 Å². The quantitative estimate of drug-likeness (QED) is 0.497. The summed E-state index contributed by atoms with van der Waals surface area (Å²) in [5, 5.41) is 11.4. The Hall–Kier alpha value is -3.04. The van der Waals surface area contributed by atoms with Crippen molar-refractivity contribution in [3.63, 3.8) is 0 Å². The molecule has 1 amide bonds. The third kappa shape index (κ3) is 5.77. The second-order valence-electron chi connectivity index (χ2n) is 7.52. The van der Waals surface area contributed by atoms with Gasteiger partial charge in [0.1, 0.15) is 0 Å². The summed E-state index contributed by atoms with van der Waals surface area (Å²) >= 11 is 0. The molecule has 1 atom stereocenters. The van der Waals surface area contributed by atoms with Crippen LogP contribution in [0.15, 0.2) is 59.6 Å². The maximum Gasteiger partial charge on any atom is 0.244 e. The van der Waals surface area contributed by atoms with Gasteiger partial charge >= 0.3 is 0 Å². The molecule has 2 aromatic heterocycles. The average Bonchev–Trinajstić information content (AvgIpc) is 3.15. The molecule has 0 fully saturated rings. The number of hydrogen-bond donors (Lipinski definition) is 2. The molecule has 3 rings (SSSR count). The Morgan fingerprint density at radius 1 is 1.13 bits per heavy atom. The van der Waals surface area contributed by atoms with Crippen LogP contribution in [0.1, 0.15) is 51.0 Å². The van der Waals surface area contributed by atoms with Crippen LogP contribution >= 0.6 is 0 Å². The molecule has 8 nitrogen and oxygen atoms in total. The number of sulfonamides is 1. The van der Waals surface area contributed by atoms with Crippen LogP contribution in [0.4, 0.5) is 0 Å². The van der Waals surface area contributed by atoms with E-state index in [1.165, 1.54) is 18.2 Å². The molecular formula is C22H27N5O3S. The van der Waals surface area contributed by atoms with Gasteiger partial charge in [-0.25, -0.2) is 13.1 Å². The molecule has 0 radical (unpaired) electrons. The summed E-state index contributed by atoms with van der Waals surface area (Å²) in [4.78, 5) is 12.7. The highest BCUT2D eigenvalue weighted by molar-refractivity contribution is 7.89. The zero-order chi connectivity index (χ0) is 22.4. The van der Waals surface area contributed by atoms with Crippen LogP contribution in [0.2, 0.25) is 0 Å². The van der Waals surface area contributed by atoms with Crippen LogP contribution in [-0.2, 0) is 14.8 Å². The summed E-state index contributed by atoms with van der Waals surface area (Å²) in [6.45, 7) is 5.57. The Balaban J connectivity index is 1.70. The van der Waals surface area contributed by atoms with Crippen molar-refractivity contribution < 1.29 is 13.2 Å². The average molecular weight is 442 g/mol. The number of aromatic nitrogens is 3. The van der Waals surface area contributed by atoms with Crippen LogP contribution in [0.3, 0.4) is 0 Å². The van der Waals surface area contributed by atoms with E-state index in [1.807, 2.05) is 35.7 Å². The minimum atomic E-state index is -3.54. The fourth-order valence-corrected chi connectivity index (χ4v) is 4.43. The van der Waals surface area contributed by atoms with E-state index in [-0.39, 0.29) is 22.9 Å². The van der Waals surface area contributed by atoms with Crippen molar-refractivity contribution in [1.82, 2.24) is 24.6 Å². The van der Waals surface area contributed by atoms with Gasteiger partial charge in [0.25, 0.3) is 0 Å². The molecular weight excluding hydrogens is 414 g/mol. The lowest BCUT2D eigenvalue weighted by Gasteiger charge is -2.15. The fourth-order valence-electron chi connectivity index (χ4n) is 3.18. The van der Waals surface area contributed by atoms with Gasteiger partial charge in [0, 0.05) is 18.3 Å². The van der Waals surface area contributed by atoms with Gasteiger partial charge in [0.05, 0.1) is 10.9 Å². The first-order valence-corrected chi connectivity index (χ1v) is 11.7. The summed E-state index contributed by atoms with van der Waals surface area (Å²) in [6.07, 6.45) is 6.55. The van der Waals surface area contributed by atoms with E-state index in [9.17, 15) is 13.2 Å². The van der Waals surface area contributed by atoms with Crippen molar-refractivity contribution in [3.05, 3.63) is 66.1 Å². The molecule has 0 aliphatic carbocycles. The van der Waals surface area contributed by atoms with Crippen LogP contribution in [0.25, 0.3) is 11.7 Å². The molecule has 1 unspecified atom stereocenters. The SMILES string of the molecule is CCCC(NC(=O)/C=C/c1ccc(S(=O)(=O)NC(C)C)cc1)c1nnc2ccccn12. The highest BCUT2D eigenvalue weighted by Crippen LogP contribution is 2.18. The van der Waals surface area contributed by atoms with Gasteiger partial charge in [-0.3, -0.25) is 9.20 Å². The van der Waals surface area contributed by atoms with Crippen molar-refractivity contribution in [2.24, 2.45) is 0 Å². The molecule has 2 heterocycles. The molecule has 0 bridgehead atoms. The van der Waals surface area contributed by atoms with Crippen molar-refractivity contribution in [2.75, 3.05) is 0 Å². The van der Waals surface area contributed by atoms with Gasteiger partial charge in [-0.1, -0.05) is 31.5 Å². The Morgan fingerprint density at radius 3 is 2.55 bits per heavy atom. The standard InChI is InChI=1S/C22H27N5O3S/c1-4-7-19(22-25-24-20-8-5-6-15-27(20)22)23-21(28)14-11-17-9-12-18(13-10-17)31(29,30)26-16(2)3/h5-6,8-16,19,26H,4,7H2,1-3H3,(H,23,28)/b14-11+. The number of amides is 1. The van der Waals surface area contributed by atoms with E-state index in [0.717, 1.165) is 24.1 Å². The molecule has 0 aliphatic heterocycles. The lowest BCUT2D eigenvalue weighted by molar-refractivity contribution is -0.117. The van der Waals surface area contributed by atoms with Gasteiger partial charge in [0.2, 0.25) is 15.9 Å². The number of pyridine rings is 1. The third-order valence-electron chi connectivity index (χ3n) is 4.55. The molecule has 9 heteroatoms. The maximum absolute atomic E-state index is 12.5. The lowest BCUT2D eigenvalue weighted by Crippen LogP contribution is -2.30. The van der Waals surface area contributed by atoms with E-state index < -0.39 is 10.0 Å². The van der Waals surface area contributed by atoms with E-state index >= 15 is 0 Å². The second-order valence-corrected chi connectivity index (χ2v) is 9.23. The molecule has 2 N–H and O–H groups in total. The highest BCUT2D eigenvalue weighted by atomic mass is 32.2. The summed E-state index contributed by atoms with van der Waals surface area (Å²) < 4.78 is 28.8. The van der Waals surface area contributed by atoms with Crippen LogP contribution in [-0.4, -0.2) is 35.0 Å². The first kappa shape index (κ1) is 22.6. The Kier molecular flexibility index (Phi) is 7.19. The Bertz CT molecular complexity index is 1170. The molecule has 0 spiro atoms. The van der Waals surface area contributed by atoms with Gasteiger partial charge in [-0.2, -0.15) is 0 Å². The number of rotatable bonds is 9. The van der Waals surface area contributed by atoms with Crippen LogP contribution < -0.4 is 10.0 Å². The summed E-state index contributed by atoms with van der Waals surface area (Å²) in [5.74, 6) is 0.427. The lowest BCUT2D eigenvalue weighted by atomic mass is 10.1. The first-order valence-electron chi connectivity index (χ1n) is 10.2.